The highest BCUT2D eigenvalue weighted by Crippen LogP contribution is 2.26. The van der Waals surface area contributed by atoms with E-state index in [1.54, 1.807) is 7.11 Å². The lowest BCUT2D eigenvalue weighted by Gasteiger charge is -2.13. The summed E-state index contributed by atoms with van der Waals surface area (Å²) >= 11 is 0. The molecule has 0 radical (unpaired) electrons. The van der Waals surface area contributed by atoms with Crippen LogP contribution in [0.1, 0.15) is 12.2 Å². The first-order valence-corrected chi connectivity index (χ1v) is 7.73. The van der Waals surface area contributed by atoms with E-state index >= 15 is 0 Å². The summed E-state index contributed by atoms with van der Waals surface area (Å²) in [5.41, 5.74) is 0.881. The van der Waals surface area contributed by atoms with Crippen molar-refractivity contribution in [3.8, 4) is 5.75 Å². The van der Waals surface area contributed by atoms with E-state index in [0.717, 1.165) is 48.4 Å². The molecule has 0 amide bonds. The van der Waals surface area contributed by atoms with Gasteiger partial charge in [0.25, 0.3) is 0 Å². The Morgan fingerprint density at radius 1 is 1.13 bits per heavy atom. The lowest BCUT2D eigenvalue weighted by molar-refractivity contribution is 0.405. The Labute approximate surface area is 137 Å². The highest BCUT2D eigenvalue weighted by molar-refractivity contribution is 5.65. The van der Waals surface area contributed by atoms with Crippen LogP contribution in [-0.2, 0) is 0 Å². The molecule has 23 heavy (non-hydrogen) atoms. The summed E-state index contributed by atoms with van der Waals surface area (Å²) in [5.74, 6) is 3.08. The fourth-order valence-electron chi connectivity index (χ4n) is 2.22. The van der Waals surface area contributed by atoms with Gasteiger partial charge in [-0.3, -0.25) is 0 Å². The van der Waals surface area contributed by atoms with Crippen LogP contribution < -0.4 is 15.4 Å². The molecule has 0 bridgehead atoms. The summed E-state index contributed by atoms with van der Waals surface area (Å²) in [6.07, 6.45) is 1.06. The molecule has 0 atom stereocenters. The minimum Gasteiger partial charge on any atom is -0.495 e. The maximum absolute atomic E-state index is 5.35. The van der Waals surface area contributed by atoms with Crippen LogP contribution in [0.15, 0.2) is 30.3 Å². The van der Waals surface area contributed by atoms with Gasteiger partial charge < -0.3 is 20.3 Å². The van der Waals surface area contributed by atoms with Crippen molar-refractivity contribution in [2.75, 3.05) is 44.9 Å². The van der Waals surface area contributed by atoms with Gasteiger partial charge in [0.15, 0.2) is 0 Å². The number of ether oxygens (including phenoxy) is 1. The van der Waals surface area contributed by atoms with Crippen molar-refractivity contribution in [2.24, 2.45) is 0 Å². The molecule has 0 saturated heterocycles. The zero-order valence-electron chi connectivity index (χ0n) is 14.3. The molecule has 0 aliphatic heterocycles. The van der Waals surface area contributed by atoms with Crippen LogP contribution in [0.4, 0.5) is 17.3 Å². The second-order valence-electron chi connectivity index (χ2n) is 5.59. The van der Waals surface area contributed by atoms with E-state index in [1.807, 2.05) is 37.3 Å². The van der Waals surface area contributed by atoms with Crippen LogP contribution in [0.25, 0.3) is 0 Å². The van der Waals surface area contributed by atoms with E-state index < -0.39 is 0 Å². The molecule has 0 unspecified atom stereocenters. The number of methoxy groups -OCH3 is 1. The number of nitrogens with zero attached hydrogens (tertiary/aromatic N) is 3. The second kappa shape index (κ2) is 8.33. The smallest absolute Gasteiger partial charge is 0.142 e. The van der Waals surface area contributed by atoms with Gasteiger partial charge in [-0.05, 0) is 46.1 Å². The van der Waals surface area contributed by atoms with Gasteiger partial charge in [-0.15, -0.1) is 0 Å². The number of aromatic nitrogens is 2. The fourth-order valence-corrected chi connectivity index (χ4v) is 2.22. The minimum atomic E-state index is 0.722. The van der Waals surface area contributed by atoms with Crippen molar-refractivity contribution in [3.05, 3.63) is 36.2 Å². The first kappa shape index (κ1) is 17.0. The van der Waals surface area contributed by atoms with Gasteiger partial charge in [0.2, 0.25) is 0 Å². The third-order valence-corrected chi connectivity index (χ3v) is 3.30. The summed E-state index contributed by atoms with van der Waals surface area (Å²) < 4.78 is 5.35. The average Bonchev–Trinajstić information content (AvgIpc) is 2.51. The van der Waals surface area contributed by atoms with Crippen LogP contribution in [0.5, 0.6) is 5.75 Å². The molecule has 0 aliphatic rings. The maximum Gasteiger partial charge on any atom is 0.142 e. The highest BCUT2D eigenvalue weighted by atomic mass is 16.5. The predicted octanol–water partition coefficient (Wildman–Crippen LogP) is 2.90. The highest BCUT2D eigenvalue weighted by Gasteiger charge is 2.06. The lowest BCUT2D eigenvalue weighted by Crippen LogP contribution is -2.16. The number of nitrogens with one attached hydrogen (secondary N) is 2. The van der Waals surface area contributed by atoms with E-state index in [0.29, 0.717) is 0 Å². The fraction of sp³-hybridized carbons (Fsp3) is 0.412. The van der Waals surface area contributed by atoms with Gasteiger partial charge in [0.05, 0.1) is 12.8 Å². The summed E-state index contributed by atoms with van der Waals surface area (Å²) in [5, 5.41) is 6.64. The first-order chi connectivity index (χ1) is 11.1. The standard InChI is InChI=1S/C17H25N5O/c1-13-19-16(18-10-7-11-22(2)3)12-17(20-13)21-14-8-5-6-9-15(14)23-4/h5-6,8-9,12H,7,10-11H2,1-4H3,(H2,18,19,20,21). The van der Waals surface area contributed by atoms with Crippen molar-refractivity contribution >= 4 is 17.3 Å². The van der Waals surface area contributed by atoms with E-state index in [2.05, 4.69) is 39.6 Å². The van der Waals surface area contributed by atoms with Gasteiger partial charge in [-0.25, -0.2) is 9.97 Å². The van der Waals surface area contributed by atoms with Crippen LogP contribution in [0.3, 0.4) is 0 Å². The van der Waals surface area contributed by atoms with Crippen molar-refractivity contribution < 1.29 is 4.74 Å². The number of hydrogen-bond donors (Lipinski definition) is 2. The van der Waals surface area contributed by atoms with Crippen LogP contribution in [0.2, 0.25) is 0 Å². The quantitative estimate of drug-likeness (QED) is 0.730. The summed E-state index contributed by atoms with van der Waals surface area (Å²) in [4.78, 5) is 11.0. The number of hydrogen-bond acceptors (Lipinski definition) is 6. The molecule has 6 heteroatoms. The Morgan fingerprint density at radius 2 is 1.87 bits per heavy atom. The van der Waals surface area contributed by atoms with Gasteiger partial charge in [0, 0.05) is 12.6 Å². The average molecular weight is 315 g/mol. The Balaban J connectivity index is 2.05. The summed E-state index contributed by atoms with van der Waals surface area (Å²) in [7, 11) is 5.80. The molecule has 0 spiro atoms. The van der Waals surface area contributed by atoms with Crippen LogP contribution in [-0.4, -0.2) is 49.2 Å². The first-order valence-electron chi connectivity index (χ1n) is 7.73. The second-order valence-corrected chi connectivity index (χ2v) is 5.59. The molecule has 2 N–H and O–H groups in total. The molecule has 0 saturated carbocycles. The van der Waals surface area contributed by atoms with E-state index in [-0.39, 0.29) is 0 Å². The van der Waals surface area contributed by atoms with Crippen molar-refractivity contribution in [2.45, 2.75) is 13.3 Å². The molecule has 6 nitrogen and oxygen atoms in total. The molecule has 1 aromatic heterocycles. The molecule has 2 aromatic rings. The SMILES string of the molecule is COc1ccccc1Nc1cc(NCCCN(C)C)nc(C)n1. The molecular weight excluding hydrogens is 290 g/mol. The number of benzene rings is 1. The number of para-hydroxylation sites is 2. The topological polar surface area (TPSA) is 62.3 Å². The van der Waals surface area contributed by atoms with Gasteiger partial charge in [0.1, 0.15) is 23.2 Å². The molecule has 124 valence electrons. The maximum atomic E-state index is 5.35. The Hall–Kier alpha value is -2.34. The summed E-state index contributed by atoms with van der Waals surface area (Å²) in [6, 6.07) is 9.68. The van der Waals surface area contributed by atoms with Gasteiger partial charge in [-0.2, -0.15) is 0 Å². The molecule has 2 rings (SSSR count). The third kappa shape index (κ3) is 5.41. The normalized spacial score (nSPS) is 10.7. The molecule has 0 aliphatic carbocycles. The largest absolute Gasteiger partial charge is 0.495 e. The Morgan fingerprint density at radius 3 is 2.61 bits per heavy atom. The monoisotopic (exact) mass is 315 g/mol. The van der Waals surface area contributed by atoms with Gasteiger partial charge >= 0.3 is 0 Å². The Bertz CT molecular complexity index is 630. The molecule has 1 heterocycles. The Kier molecular flexibility index (Phi) is 6.17. The lowest BCUT2D eigenvalue weighted by atomic mass is 10.3. The van der Waals surface area contributed by atoms with E-state index in [9.17, 15) is 0 Å². The van der Waals surface area contributed by atoms with Gasteiger partial charge in [-0.1, -0.05) is 12.1 Å². The third-order valence-electron chi connectivity index (χ3n) is 3.30. The predicted molar refractivity (Wildman–Crippen MR) is 94.7 cm³/mol. The van der Waals surface area contributed by atoms with Crippen LogP contribution >= 0.6 is 0 Å². The van der Waals surface area contributed by atoms with Crippen molar-refractivity contribution in [3.63, 3.8) is 0 Å². The molecular formula is C17H25N5O. The van der Waals surface area contributed by atoms with E-state index in [1.165, 1.54) is 0 Å². The van der Waals surface area contributed by atoms with E-state index in [4.69, 9.17) is 4.74 Å². The molecule has 0 fully saturated rings. The molecule has 1 aromatic carbocycles. The summed E-state index contributed by atoms with van der Waals surface area (Å²) in [6.45, 7) is 3.81. The number of aryl methyl sites for hydroxylation is 1. The zero-order chi connectivity index (χ0) is 16.7. The van der Waals surface area contributed by atoms with Crippen LogP contribution in [0, 0.1) is 6.92 Å². The zero-order valence-corrected chi connectivity index (χ0v) is 14.3. The number of anilines is 3. The van der Waals surface area contributed by atoms with Crippen molar-refractivity contribution in [1.82, 2.24) is 14.9 Å². The minimum absolute atomic E-state index is 0.722. The van der Waals surface area contributed by atoms with Crippen molar-refractivity contribution in [1.29, 1.82) is 0 Å². The number of rotatable bonds is 8.